The predicted octanol–water partition coefficient (Wildman–Crippen LogP) is 8.59. The van der Waals surface area contributed by atoms with Gasteiger partial charge in [0.25, 0.3) is 0 Å². The number of unbranched alkanes of at least 4 members (excludes halogenated alkanes) is 9. The molecule has 4 nitrogen and oxygen atoms in total. The standard InChI is InChI=1S/C31H41NO3/c1-4-5-6-7-8-9-10-11-12-13-16-25-18-20-26(21-19-25)22-35-30-24(3)29(31(33)34)32-28-23(2)15-14-17-27(28)30/h14-15,17-21H,4-13,16,22H2,1-3H3,(H,33,34). The van der Waals surface area contributed by atoms with Gasteiger partial charge in [-0.25, -0.2) is 9.78 Å². The summed E-state index contributed by atoms with van der Waals surface area (Å²) in [5, 5.41) is 10.5. The number of rotatable bonds is 15. The summed E-state index contributed by atoms with van der Waals surface area (Å²) >= 11 is 0. The van der Waals surface area contributed by atoms with Crippen LogP contribution >= 0.6 is 0 Å². The van der Waals surface area contributed by atoms with Crippen molar-refractivity contribution >= 4 is 16.9 Å². The summed E-state index contributed by atoms with van der Waals surface area (Å²) in [6.45, 7) is 6.37. The average molecular weight is 476 g/mol. The minimum atomic E-state index is -1.03. The quantitative estimate of drug-likeness (QED) is 0.224. The number of aryl methyl sites for hydroxylation is 2. The van der Waals surface area contributed by atoms with E-state index in [0.717, 1.165) is 22.9 Å². The summed E-state index contributed by atoms with van der Waals surface area (Å²) in [5.41, 5.74) is 4.67. The van der Waals surface area contributed by atoms with E-state index in [1.165, 1.54) is 69.8 Å². The predicted molar refractivity (Wildman–Crippen MR) is 144 cm³/mol. The van der Waals surface area contributed by atoms with Crippen LogP contribution in [0.25, 0.3) is 10.9 Å². The molecule has 0 aliphatic carbocycles. The van der Waals surface area contributed by atoms with Gasteiger partial charge < -0.3 is 9.84 Å². The zero-order valence-electron chi connectivity index (χ0n) is 21.7. The Morgan fingerprint density at radius 1 is 0.829 bits per heavy atom. The smallest absolute Gasteiger partial charge is 0.354 e. The Hall–Kier alpha value is -2.88. The Morgan fingerprint density at radius 3 is 2.06 bits per heavy atom. The Labute approximate surface area is 210 Å². The van der Waals surface area contributed by atoms with Gasteiger partial charge in [0.2, 0.25) is 0 Å². The zero-order valence-corrected chi connectivity index (χ0v) is 21.7. The Bertz CT molecular complexity index is 1090. The van der Waals surface area contributed by atoms with E-state index in [0.29, 0.717) is 23.4 Å². The molecule has 0 aliphatic heterocycles. The first-order valence-electron chi connectivity index (χ1n) is 13.3. The number of para-hydroxylation sites is 1. The molecule has 1 heterocycles. The van der Waals surface area contributed by atoms with Crippen LogP contribution in [0, 0.1) is 13.8 Å². The first kappa shape index (κ1) is 26.7. The van der Waals surface area contributed by atoms with Crippen LogP contribution < -0.4 is 4.74 Å². The van der Waals surface area contributed by atoms with Gasteiger partial charge >= 0.3 is 5.97 Å². The molecule has 35 heavy (non-hydrogen) atoms. The first-order chi connectivity index (χ1) is 17.0. The number of carboxylic acids is 1. The van der Waals surface area contributed by atoms with Crippen LogP contribution in [0.2, 0.25) is 0 Å². The van der Waals surface area contributed by atoms with Crippen molar-refractivity contribution in [3.63, 3.8) is 0 Å². The topological polar surface area (TPSA) is 59.4 Å². The lowest BCUT2D eigenvalue weighted by Gasteiger charge is -2.15. The molecule has 4 heteroatoms. The van der Waals surface area contributed by atoms with Gasteiger partial charge in [-0.3, -0.25) is 0 Å². The van der Waals surface area contributed by atoms with Crippen LogP contribution in [0.4, 0.5) is 0 Å². The van der Waals surface area contributed by atoms with E-state index in [4.69, 9.17) is 4.74 Å². The highest BCUT2D eigenvalue weighted by Crippen LogP contribution is 2.32. The number of aromatic nitrogens is 1. The van der Waals surface area contributed by atoms with Crippen LogP contribution in [0.3, 0.4) is 0 Å². The fraction of sp³-hybridized carbons (Fsp3) is 0.484. The number of pyridine rings is 1. The third kappa shape index (κ3) is 7.81. The van der Waals surface area contributed by atoms with E-state index >= 15 is 0 Å². The molecule has 0 saturated heterocycles. The molecule has 0 bridgehead atoms. The molecule has 0 radical (unpaired) electrons. The number of fused-ring (bicyclic) bond motifs is 1. The summed E-state index contributed by atoms with van der Waals surface area (Å²) in [4.78, 5) is 16.1. The van der Waals surface area contributed by atoms with Gasteiger partial charge in [0.05, 0.1) is 5.52 Å². The highest BCUT2D eigenvalue weighted by molar-refractivity contribution is 5.96. The monoisotopic (exact) mass is 475 g/mol. The summed E-state index contributed by atoms with van der Waals surface area (Å²) in [6, 6.07) is 14.5. The van der Waals surface area contributed by atoms with Gasteiger partial charge in [-0.2, -0.15) is 0 Å². The second-order valence-corrected chi connectivity index (χ2v) is 9.73. The first-order valence-corrected chi connectivity index (χ1v) is 13.3. The van der Waals surface area contributed by atoms with Gasteiger partial charge in [-0.15, -0.1) is 0 Å². The molecule has 0 spiro atoms. The summed E-state index contributed by atoms with van der Waals surface area (Å²) in [6.07, 6.45) is 14.7. The van der Waals surface area contributed by atoms with Crippen molar-refractivity contribution in [1.82, 2.24) is 4.98 Å². The second kappa shape index (κ2) is 13.9. The summed E-state index contributed by atoms with van der Waals surface area (Å²) in [5.74, 6) is -0.431. The Balaban J connectivity index is 1.49. The van der Waals surface area contributed by atoms with Crippen LogP contribution in [0.1, 0.15) is 104 Å². The molecular formula is C31H41NO3. The molecule has 2 aromatic carbocycles. The molecule has 3 aromatic rings. The molecule has 0 unspecified atom stereocenters. The minimum Gasteiger partial charge on any atom is -0.488 e. The number of benzene rings is 2. The molecule has 188 valence electrons. The van der Waals surface area contributed by atoms with Crippen molar-refractivity contribution in [2.24, 2.45) is 0 Å². The third-order valence-electron chi connectivity index (χ3n) is 6.83. The van der Waals surface area contributed by atoms with Gasteiger partial charge in [0.1, 0.15) is 12.4 Å². The molecule has 1 aromatic heterocycles. The van der Waals surface area contributed by atoms with E-state index in [-0.39, 0.29) is 5.69 Å². The van der Waals surface area contributed by atoms with E-state index in [1.807, 2.05) is 25.1 Å². The van der Waals surface area contributed by atoms with Crippen LogP contribution in [0.15, 0.2) is 42.5 Å². The maximum absolute atomic E-state index is 11.7. The normalized spacial score (nSPS) is 11.2. The summed E-state index contributed by atoms with van der Waals surface area (Å²) in [7, 11) is 0. The number of carboxylic acid groups (broad SMARTS) is 1. The molecule has 0 fully saturated rings. The lowest BCUT2D eigenvalue weighted by molar-refractivity contribution is 0.0689. The number of aromatic carboxylic acids is 1. The zero-order chi connectivity index (χ0) is 25.0. The highest BCUT2D eigenvalue weighted by atomic mass is 16.5. The number of nitrogens with zero attached hydrogens (tertiary/aromatic N) is 1. The van der Waals surface area contributed by atoms with Crippen molar-refractivity contribution in [3.05, 3.63) is 70.4 Å². The van der Waals surface area contributed by atoms with E-state index < -0.39 is 5.97 Å². The SMILES string of the molecule is CCCCCCCCCCCCc1ccc(COc2c(C)c(C(=O)O)nc3c(C)cccc23)cc1. The number of carbonyl (C=O) groups is 1. The molecule has 0 aliphatic rings. The average Bonchev–Trinajstić information content (AvgIpc) is 2.85. The van der Waals surface area contributed by atoms with Crippen molar-refractivity contribution in [2.45, 2.75) is 98.0 Å². The second-order valence-electron chi connectivity index (χ2n) is 9.73. The lowest BCUT2D eigenvalue weighted by Crippen LogP contribution is -2.08. The van der Waals surface area contributed by atoms with Crippen LogP contribution in [0.5, 0.6) is 5.75 Å². The number of ether oxygens (including phenoxy) is 1. The van der Waals surface area contributed by atoms with Crippen molar-refractivity contribution in [2.75, 3.05) is 0 Å². The molecule has 0 atom stereocenters. The fourth-order valence-corrected chi connectivity index (χ4v) is 4.66. The Kier molecular flexibility index (Phi) is 10.6. The minimum absolute atomic E-state index is 0.0497. The highest BCUT2D eigenvalue weighted by Gasteiger charge is 2.18. The largest absolute Gasteiger partial charge is 0.488 e. The molecular weight excluding hydrogens is 434 g/mol. The maximum atomic E-state index is 11.7. The lowest BCUT2D eigenvalue weighted by atomic mass is 10.0. The molecule has 0 amide bonds. The molecule has 1 N–H and O–H groups in total. The fourth-order valence-electron chi connectivity index (χ4n) is 4.66. The van der Waals surface area contributed by atoms with Crippen LogP contribution in [-0.4, -0.2) is 16.1 Å². The van der Waals surface area contributed by atoms with E-state index in [1.54, 1.807) is 6.92 Å². The van der Waals surface area contributed by atoms with Gasteiger partial charge in [0, 0.05) is 10.9 Å². The van der Waals surface area contributed by atoms with Gasteiger partial charge in [0.15, 0.2) is 5.69 Å². The third-order valence-corrected chi connectivity index (χ3v) is 6.83. The van der Waals surface area contributed by atoms with Gasteiger partial charge in [-0.05, 0) is 49.4 Å². The van der Waals surface area contributed by atoms with Crippen LogP contribution in [-0.2, 0) is 13.0 Å². The number of hydrogen-bond donors (Lipinski definition) is 1. The van der Waals surface area contributed by atoms with E-state index in [9.17, 15) is 9.90 Å². The van der Waals surface area contributed by atoms with Gasteiger partial charge in [-0.1, -0.05) is 101 Å². The van der Waals surface area contributed by atoms with Crippen molar-refractivity contribution in [3.8, 4) is 5.75 Å². The van der Waals surface area contributed by atoms with Crippen molar-refractivity contribution < 1.29 is 14.6 Å². The molecule has 0 saturated carbocycles. The van der Waals surface area contributed by atoms with Crippen molar-refractivity contribution in [1.29, 1.82) is 0 Å². The molecule has 3 rings (SSSR count). The Morgan fingerprint density at radius 2 is 1.43 bits per heavy atom. The number of hydrogen-bond acceptors (Lipinski definition) is 3. The van der Waals surface area contributed by atoms with E-state index in [2.05, 4.69) is 36.2 Å². The summed E-state index contributed by atoms with van der Waals surface area (Å²) < 4.78 is 6.19. The maximum Gasteiger partial charge on any atom is 0.354 e.